The normalized spacial score (nSPS) is 13.9. The van der Waals surface area contributed by atoms with Crippen LogP contribution in [0.5, 0.6) is 0 Å². The molecule has 0 aliphatic carbocycles. The Bertz CT molecular complexity index is 1010. The van der Waals surface area contributed by atoms with E-state index in [0.717, 1.165) is 12.1 Å². The molecule has 2 aromatic carbocycles. The molecular weight excluding hydrogens is 378 g/mol. The van der Waals surface area contributed by atoms with Crippen molar-refractivity contribution in [3.05, 3.63) is 59.7 Å². The fourth-order valence-electron chi connectivity index (χ4n) is 2.40. The fraction of sp³-hybridized carbons (Fsp3) is 0.167. The van der Waals surface area contributed by atoms with Gasteiger partial charge in [0.25, 0.3) is 0 Å². The number of hydrogen-bond donors (Lipinski definition) is 1. The molecule has 1 heterocycles. The second kappa shape index (κ2) is 7.73. The van der Waals surface area contributed by atoms with Crippen molar-refractivity contribution in [1.82, 2.24) is 4.72 Å². The van der Waals surface area contributed by atoms with Crippen molar-refractivity contribution in [2.24, 2.45) is 0 Å². The van der Waals surface area contributed by atoms with Gasteiger partial charge in [-0.1, -0.05) is 11.8 Å². The van der Waals surface area contributed by atoms with E-state index >= 15 is 0 Å². The van der Waals surface area contributed by atoms with Gasteiger partial charge in [-0.2, -0.15) is 4.72 Å². The molecule has 1 saturated heterocycles. The molecule has 27 heavy (non-hydrogen) atoms. The molecule has 140 valence electrons. The zero-order valence-electron chi connectivity index (χ0n) is 13.9. The molecule has 1 N–H and O–H groups in total. The van der Waals surface area contributed by atoms with Gasteiger partial charge in [0.15, 0.2) is 0 Å². The van der Waals surface area contributed by atoms with Gasteiger partial charge in [-0.3, -0.25) is 4.90 Å². The van der Waals surface area contributed by atoms with Crippen molar-refractivity contribution in [2.45, 2.75) is 4.90 Å². The first kappa shape index (κ1) is 18.8. The number of sulfonamides is 1. The van der Waals surface area contributed by atoms with E-state index in [-0.39, 0.29) is 6.54 Å². The Kier molecular flexibility index (Phi) is 5.39. The van der Waals surface area contributed by atoms with Crippen molar-refractivity contribution in [2.75, 3.05) is 24.6 Å². The molecule has 0 radical (unpaired) electrons. The number of benzene rings is 2. The van der Waals surface area contributed by atoms with Gasteiger partial charge < -0.3 is 4.74 Å². The predicted molar refractivity (Wildman–Crippen MR) is 93.6 cm³/mol. The topological polar surface area (TPSA) is 75.7 Å². The maximum Gasteiger partial charge on any atom is 0.414 e. The molecule has 6 nitrogen and oxygen atoms in total. The van der Waals surface area contributed by atoms with E-state index in [2.05, 4.69) is 16.6 Å². The number of cyclic esters (lactones) is 1. The van der Waals surface area contributed by atoms with Crippen LogP contribution in [0.3, 0.4) is 0 Å². The monoisotopic (exact) mass is 392 g/mol. The van der Waals surface area contributed by atoms with E-state index < -0.39 is 32.6 Å². The van der Waals surface area contributed by atoms with Crippen LogP contribution in [-0.2, 0) is 14.8 Å². The molecule has 2 aromatic rings. The lowest BCUT2D eigenvalue weighted by Gasteiger charge is -2.11. The molecule has 0 atom stereocenters. The van der Waals surface area contributed by atoms with Crippen molar-refractivity contribution in [1.29, 1.82) is 0 Å². The van der Waals surface area contributed by atoms with E-state index in [1.807, 2.05) is 0 Å². The van der Waals surface area contributed by atoms with Crippen LogP contribution in [0.4, 0.5) is 19.3 Å². The number of carbonyl (C=O) groups is 1. The van der Waals surface area contributed by atoms with E-state index in [9.17, 15) is 22.0 Å². The summed E-state index contributed by atoms with van der Waals surface area (Å²) >= 11 is 0. The zero-order chi connectivity index (χ0) is 19.4. The molecule has 3 rings (SSSR count). The predicted octanol–water partition coefficient (Wildman–Crippen LogP) is 2.25. The summed E-state index contributed by atoms with van der Waals surface area (Å²) < 4.78 is 57.3. The summed E-state index contributed by atoms with van der Waals surface area (Å²) in [6.07, 6.45) is -0.406. The van der Waals surface area contributed by atoms with Crippen LogP contribution < -0.4 is 9.62 Å². The first-order chi connectivity index (χ1) is 12.8. The first-order valence-corrected chi connectivity index (χ1v) is 9.32. The molecule has 0 unspecified atom stereocenters. The fourth-order valence-corrected chi connectivity index (χ4v) is 3.36. The van der Waals surface area contributed by atoms with Gasteiger partial charge in [0.1, 0.15) is 18.2 Å². The lowest BCUT2D eigenvalue weighted by Crippen LogP contribution is -2.24. The summed E-state index contributed by atoms with van der Waals surface area (Å²) in [7, 11) is -4.07. The summed E-state index contributed by atoms with van der Waals surface area (Å²) in [6.45, 7) is 0.586. The minimum absolute atomic E-state index is 0.235. The number of amides is 1. The molecule has 1 amide bonds. The Morgan fingerprint density at radius 2 is 1.78 bits per heavy atom. The highest BCUT2D eigenvalue weighted by atomic mass is 32.2. The van der Waals surface area contributed by atoms with Gasteiger partial charge in [-0.25, -0.2) is 22.0 Å². The van der Waals surface area contributed by atoms with Gasteiger partial charge in [0.2, 0.25) is 10.0 Å². The second-order valence-corrected chi connectivity index (χ2v) is 7.31. The molecule has 1 aliphatic rings. The van der Waals surface area contributed by atoms with Crippen molar-refractivity contribution >= 4 is 21.8 Å². The summed E-state index contributed by atoms with van der Waals surface area (Å²) in [6, 6.07) is 8.81. The summed E-state index contributed by atoms with van der Waals surface area (Å²) in [5.41, 5.74) is 1.29. The van der Waals surface area contributed by atoms with E-state index in [4.69, 9.17) is 4.74 Å². The maximum absolute atomic E-state index is 13.1. The van der Waals surface area contributed by atoms with Gasteiger partial charge in [0.05, 0.1) is 18.0 Å². The highest BCUT2D eigenvalue weighted by Gasteiger charge is 2.23. The van der Waals surface area contributed by atoms with E-state index in [0.29, 0.717) is 30.5 Å². The Hall–Kier alpha value is -2.96. The summed E-state index contributed by atoms with van der Waals surface area (Å²) in [5.74, 6) is 3.42. The highest BCUT2D eigenvalue weighted by molar-refractivity contribution is 7.89. The van der Waals surface area contributed by atoms with E-state index in [1.165, 1.54) is 4.90 Å². The SMILES string of the molecule is O=C1OCCN1c1ccc(C#CCNS(=O)(=O)c2cc(F)cc(F)c2)cc1. The molecular formula is C18H14F2N2O4S. The van der Waals surface area contributed by atoms with Crippen molar-refractivity contribution in [3.63, 3.8) is 0 Å². The lowest BCUT2D eigenvalue weighted by atomic mass is 10.2. The average Bonchev–Trinajstić information content (AvgIpc) is 3.04. The summed E-state index contributed by atoms with van der Waals surface area (Å²) in [4.78, 5) is 12.5. The van der Waals surface area contributed by atoms with Crippen LogP contribution in [0.15, 0.2) is 47.4 Å². The molecule has 0 saturated carbocycles. The Morgan fingerprint density at radius 3 is 2.37 bits per heavy atom. The van der Waals surface area contributed by atoms with Gasteiger partial charge in [-0.05, 0) is 36.4 Å². The number of anilines is 1. The lowest BCUT2D eigenvalue weighted by molar-refractivity contribution is 0.181. The molecule has 9 heteroatoms. The van der Waals surface area contributed by atoms with Crippen LogP contribution >= 0.6 is 0 Å². The number of nitrogens with zero attached hydrogens (tertiary/aromatic N) is 1. The smallest absolute Gasteiger partial charge is 0.414 e. The van der Waals surface area contributed by atoms with Gasteiger partial charge >= 0.3 is 6.09 Å². The van der Waals surface area contributed by atoms with Crippen LogP contribution in [0.1, 0.15) is 5.56 Å². The third-order valence-corrected chi connectivity index (χ3v) is 5.05. The van der Waals surface area contributed by atoms with E-state index in [1.54, 1.807) is 24.3 Å². The average molecular weight is 392 g/mol. The van der Waals surface area contributed by atoms with Gasteiger partial charge in [-0.15, -0.1) is 0 Å². The number of rotatable bonds is 4. The molecule has 0 aromatic heterocycles. The van der Waals surface area contributed by atoms with Crippen LogP contribution in [0.25, 0.3) is 0 Å². The largest absolute Gasteiger partial charge is 0.447 e. The quantitative estimate of drug-likeness (QED) is 0.810. The minimum Gasteiger partial charge on any atom is -0.447 e. The van der Waals surface area contributed by atoms with Crippen LogP contribution in [0.2, 0.25) is 0 Å². The number of halogens is 2. The molecule has 0 spiro atoms. The number of ether oxygens (including phenoxy) is 1. The Labute approximate surface area is 154 Å². The number of carbonyl (C=O) groups excluding carboxylic acids is 1. The summed E-state index contributed by atoms with van der Waals surface area (Å²) in [5, 5.41) is 0. The second-order valence-electron chi connectivity index (χ2n) is 5.54. The van der Waals surface area contributed by atoms with Crippen molar-refractivity contribution in [3.8, 4) is 11.8 Å². The van der Waals surface area contributed by atoms with Crippen LogP contribution in [0, 0.1) is 23.5 Å². The maximum atomic E-state index is 13.1. The van der Waals surface area contributed by atoms with Gasteiger partial charge in [0, 0.05) is 17.3 Å². The Balaban J connectivity index is 1.62. The molecule has 0 bridgehead atoms. The zero-order valence-corrected chi connectivity index (χ0v) is 14.7. The van der Waals surface area contributed by atoms with Crippen molar-refractivity contribution < 1.29 is 26.7 Å². The third-order valence-electron chi connectivity index (χ3n) is 3.67. The minimum atomic E-state index is -4.07. The van der Waals surface area contributed by atoms with Crippen LogP contribution in [-0.4, -0.2) is 34.2 Å². The molecule has 1 aliphatic heterocycles. The first-order valence-electron chi connectivity index (χ1n) is 7.84. The standard InChI is InChI=1S/C18H14F2N2O4S/c19-14-10-15(20)12-17(11-14)27(24,25)21-7-1-2-13-3-5-16(6-4-13)22-8-9-26-18(22)23/h3-6,10-12,21H,7-9H2. The highest BCUT2D eigenvalue weighted by Crippen LogP contribution is 2.18. The third kappa shape index (κ3) is 4.61. The number of hydrogen-bond acceptors (Lipinski definition) is 4. The molecule has 1 fully saturated rings. The number of nitrogens with one attached hydrogen (secondary N) is 1. The Morgan fingerprint density at radius 1 is 1.11 bits per heavy atom.